The van der Waals surface area contributed by atoms with Crippen LogP contribution in [0, 0.1) is 5.92 Å². The molecule has 1 N–H and O–H groups in total. The lowest BCUT2D eigenvalue weighted by molar-refractivity contribution is 0.550. The smallest absolute Gasteiger partial charge is 0.0577 e. The molecular formula is C14H22ClN. The summed E-state index contributed by atoms with van der Waals surface area (Å²) in [5.74, 6) is 0.712. The lowest BCUT2D eigenvalue weighted by Gasteiger charge is -2.16. The third kappa shape index (κ3) is 4.05. The van der Waals surface area contributed by atoms with Crippen molar-refractivity contribution >= 4 is 17.3 Å². The highest BCUT2D eigenvalue weighted by molar-refractivity contribution is 6.21. The second-order valence-electron chi connectivity index (χ2n) is 4.48. The second kappa shape index (κ2) is 6.80. The number of hydrogen-bond acceptors (Lipinski definition) is 1. The summed E-state index contributed by atoms with van der Waals surface area (Å²) in [4.78, 5) is 0. The average Bonchev–Trinajstić information content (AvgIpc) is 2.27. The van der Waals surface area contributed by atoms with Crippen molar-refractivity contribution in [3.8, 4) is 0 Å². The van der Waals surface area contributed by atoms with Crippen molar-refractivity contribution in [2.75, 3.05) is 11.9 Å². The van der Waals surface area contributed by atoms with Gasteiger partial charge >= 0.3 is 0 Å². The van der Waals surface area contributed by atoms with E-state index < -0.39 is 0 Å². The van der Waals surface area contributed by atoms with Crippen molar-refractivity contribution in [1.82, 2.24) is 0 Å². The Labute approximate surface area is 104 Å². The number of nitrogens with one attached hydrogen (secondary N) is 1. The summed E-state index contributed by atoms with van der Waals surface area (Å²) < 4.78 is 0. The molecule has 0 aliphatic carbocycles. The van der Waals surface area contributed by atoms with Gasteiger partial charge in [0.15, 0.2) is 0 Å². The van der Waals surface area contributed by atoms with Crippen molar-refractivity contribution in [2.45, 2.75) is 39.0 Å². The number of para-hydroxylation sites is 1. The van der Waals surface area contributed by atoms with Crippen LogP contribution < -0.4 is 5.32 Å². The minimum absolute atomic E-state index is 0.0604. The van der Waals surface area contributed by atoms with Crippen LogP contribution in [0.3, 0.4) is 0 Å². The molecule has 0 fully saturated rings. The van der Waals surface area contributed by atoms with E-state index in [4.69, 9.17) is 11.6 Å². The molecule has 16 heavy (non-hydrogen) atoms. The molecule has 2 atom stereocenters. The summed E-state index contributed by atoms with van der Waals surface area (Å²) in [6, 6.07) is 8.28. The molecule has 1 aromatic rings. The topological polar surface area (TPSA) is 12.0 Å². The van der Waals surface area contributed by atoms with E-state index >= 15 is 0 Å². The summed E-state index contributed by atoms with van der Waals surface area (Å²) in [6.07, 6.45) is 2.52. The van der Waals surface area contributed by atoms with Crippen molar-refractivity contribution < 1.29 is 0 Å². The van der Waals surface area contributed by atoms with E-state index in [-0.39, 0.29) is 5.38 Å². The molecule has 0 radical (unpaired) electrons. The molecule has 0 heterocycles. The molecule has 90 valence electrons. The van der Waals surface area contributed by atoms with E-state index in [2.05, 4.69) is 37.4 Å². The van der Waals surface area contributed by atoms with Gasteiger partial charge in [-0.25, -0.2) is 0 Å². The SMILES string of the molecule is CCCC(C)CNc1ccccc1C(C)Cl. The predicted octanol–water partition coefficient (Wildman–Crippen LogP) is 4.83. The molecule has 0 spiro atoms. The Kier molecular flexibility index (Phi) is 5.68. The van der Waals surface area contributed by atoms with Crippen molar-refractivity contribution in [1.29, 1.82) is 0 Å². The largest absolute Gasteiger partial charge is 0.385 e. The van der Waals surface area contributed by atoms with Crippen molar-refractivity contribution in [2.24, 2.45) is 5.92 Å². The highest BCUT2D eigenvalue weighted by Gasteiger charge is 2.07. The van der Waals surface area contributed by atoms with Crippen molar-refractivity contribution in [3.63, 3.8) is 0 Å². The third-order valence-electron chi connectivity index (χ3n) is 2.81. The monoisotopic (exact) mass is 239 g/mol. The van der Waals surface area contributed by atoms with Crippen LogP contribution in [0.2, 0.25) is 0 Å². The average molecular weight is 240 g/mol. The van der Waals surface area contributed by atoms with Gasteiger partial charge in [-0.15, -0.1) is 11.6 Å². The Morgan fingerprint density at radius 1 is 1.25 bits per heavy atom. The highest BCUT2D eigenvalue weighted by Crippen LogP contribution is 2.27. The number of benzene rings is 1. The lowest BCUT2D eigenvalue weighted by Crippen LogP contribution is -2.12. The number of rotatable bonds is 6. The Bertz CT molecular complexity index is 309. The Hall–Kier alpha value is -0.690. The first-order valence-electron chi connectivity index (χ1n) is 6.12. The van der Waals surface area contributed by atoms with E-state index in [0.29, 0.717) is 5.92 Å². The summed E-state index contributed by atoms with van der Waals surface area (Å²) in [7, 11) is 0. The predicted molar refractivity (Wildman–Crippen MR) is 73.3 cm³/mol. The first-order chi connectivity index (χ1) is 7.65. The third-order valence-corrected chi connectivity index (χ3v) is 3.05. The molecule has 1 aromatic carbocycles. The van der Waals surface area contributed by atoms with Crippen molar-refractivity contribution in [3.05, 3.63) is 29.8 Å². The van der Waals surface area contributed by atoms with Gasteiger partial charge in [-0.2, -0.15) is 0 Å². The van der Waals surface area contributed by atoms with Crippen LogP contribution in [-0.2, 0) is 0 Å². The first kappa shape index (κ1) is 13.4. The molecule has 2 unspecified atom stereocenters. The van der Waals surface area contributed by atoms with E-state index in [1.54, 1.807) is 0 Å². The summed E-state index contributed by atoms with van der Waals surface area (Å²) >= 11 is 6.14. The molecule has 0 aliphatic rings. The molecule has 0 saturated carbocycles. The van der Waals surface area contributed by atoms with Gasteiger partial charge in [0, 0.05) is 12.2 Å². The van der Waals surface area contributed by atoms with Gasteiger partial charge in [-0.05, 0) is 30.9 Å². The second-order valence-corrected chi connectivity index (χ2v) is 5.13. The standard InChI is InChI=1S/C14H22ClN/c1-4-7-11(2)10-16-14-9-6-5-8-13(14)12(3)15/h5-6,8-9,11-12,16H,4,7,10H2,1-3H3. The van der Waals surface area contributed by atoms with Gasteiger partial charge in [0.2, 0.25) is 0 Å². The first-order valence-corrected chi connectivity index (χ1v) is 6.55. The van der Waals surface area contributed by atoms with Crippen LogP contribution in [0.1, 0.15) is 44.6 Å². The van der Waals surface area contributed by atoms with E-state index in [1.165, 1.54) is 24.1 Å². The van der Waals surface area contributed by atoms with Crippen LogP contribution in [0.15, 0.2) is 24.3 Å². The maximum absolute atomic E-state index is 6.14. The Balaban J connectivity index is 2.59. The van der Waals surface area contributed by atoms with Gasteiger partial charge in [0.25, 0.3) is 0 Å². The Morgan fingerprint density at radius 2 is 1.94 bits per heavy atom. The molecule has 0 amide bonds. The van der Waals surface area contributed by atoms with Gasteiger partial charge < -0.3 is 5.32 Å². The highest BCUT2D eigenvalue weighted by atomic mass is 35.5. The lowest BCUT2D eigenvalue weighted by atomic mass is 10.1. The van der Waals surface area contributed by atoms with Crippen LogP contribution in [0.25, 0.3) is 0 Å². The van der Waals surface area contributed by atoms with E-state index in [0.717, 1.165) is 6.54 Å². The summed E-state index contributed by atoms with van der Waals surface area (Å²) in [6.45, 7) is 7.54. The maximum Gasteiger partial charge on any atom is 0.0577 e. The molecule has 0 aliphatic heterocycles. The van der Waals surface area contributed by atoms with Crippen LogP contribution in [0.5, 0.6) is 0 Å². The van der Waals surface area contributed by atoms with Gasteiger partial charge in [-0.3, -0.25) is 0 Å². The van der Waals surface area contributed by atoms with Gasteiger partial charge in [0.05, 0.1) is 5.38 Å². The Morgan fingerprint density at radius 3 is 2.56 bits per heavy atom. The van der Waals surface area contributed by atoms with Crippen LogP contribution in [-0.4, -0.2) is 6.54 Å². The fourth-order valence-corrected chi connectivity index (χ4v) is 2.07. The zero-order chi connectivity index (χ0) is 12.0. The summed E-state index contributed by atoms with van der Waals surface area (Å²) in [5, 5.41) is 3.56. The molecule has 1 rings (SSSR count). The number of anilines is 1. The number of halogens is 1. The fourth-order valence-electron chi connectivity index (χ4n) is 1.88. The molecule has 2 heteroatoms. The molecule has 0 aromatic heterocycles. The van der Waals surface area contributed by atoms with Crippen LogP contribution in [0.4, 0.5) is 5.69 Å². The zero-order valence-electron chi connectivity index (χ0n) is 10.5. The minimum Gasteiger partial charge on any atom is -0.385 e. The number of alkyl halides is 1. The van der Waals surface area contributed by atoms with Gasteiger partial charge in [-0.1, -0.05) is 38.5 Å². The summed E-state index contributed by atoms with van der Waals surface area (Å²) in [5.41, 5.74) is 2.36. The van der Waals surface area contributed by atoms with Crippen LogP contribution >= 0.6 is 11.6 Å². The van der Waals surface area contributed by atoms with Gasteiger partial charge in [0.1, 0.15) is 0 Å². The molecular weight excluding hydrogens is 218 g/mol. The number of hydrogen-bond donors (Lipinski definition) is 1. The zero-order valence-corrected chi connectivity index (χ0v) is 11.2. The molecule has 1 nitrogen and oxygen atoms in total. The quantitative estimate of drug-likeness (QED) is 0.701. The fraction of sp³-hybridized carbons (Fsp3) is 0.571. The minimum atomic E-state index is 0.0604. The van der Waals surface area contributed by atoms with E-state index in [9.17, 15) is 0 Å². The van der Waals surface area contributed by atoms with E-state index in [1.807, 2.05) is 13.0 Å². The normalized spacial score (nSPS) is 14.5. The molecule has 0 saturated heterocycles. The maximum atomic E-state index is 6.14. The molecule has 0 bridgehead atoms.